The van der Waals surface area contributed by atoms with Gasteiger partial charge in [0.1, 0.15) is 0 Å². The van der Waals surface area contributed by atoms with Gasteiger partial charge in [0.25, 0.3) is 0 Å². The largest absolute Gasteiger partial charge is 0.352 e. The van der Waals surface area contributed by atoms with Crippen molar-refractivity contribution in [1.29, 1.82) is 0 Å². The minimum absolute atomic E-state index is 0.0231. The first kappa shape index (κ1) is 22.5. The van der Waals surface area contributed by atoms with Crippen molar-refractivity contribution in [2.75, 3.05) is 10.6 Å². The maximum Gasteiger partial charge on any atom is 0.228 e. The summed E-state index contributed by atoms with van der Waals surface area (Å²) in [6.07, 6.45) is 0.604. The van der Waals surface area contributed by atoms with Crippen molar-refractivity contribution < 1.29 is 14.4 Å². The maximum atomic E-state index is 12.2. The molecule has 0 spiro atoms. The van der Waals surface area contributed by atoms with Gasteiger partial charge >= 0.3 is 0 Å². The van der Waals surface area contributed by atoms with E-state index in [1.807, 2.05) is 52.0 Å². The van der Waals surface area contributed by atoms with E-state index in [-0.39, 0.29) is 30.1 Å². The molecular weight excluding hydrogens is 388 g/mol. The van der Waals surface area contributed by atoms with Gasteiger partial charge < -0.3 is 16.0 Å². The molecule has 0 unspecified atom stereocenters. The number of carbonyl (C=O) groups excluding carboxylic acids is 3. The van der Waals surface area contributed by atoms with E-state index in [0.717, 1.165) is 5.56 Å². The lowest BCUT2D eigenvalue weighted by molar-refractivity contribution is -0.121. The molecule has 29 heavy (non-hydrogen) atoms. The van der Waals surface area contributed by atoms with Crippen molar-refractivity contribution in [2.45, 2.75) is 47.1 Å². The Bertz CT molecular complexity index is 861. The molecule has 1 heterocycles. The van der Waals surface area contributed by atoms with Crippen LogP contribution >= 0.6 is 11.3 Å². The van der Waals surface area contributed by atoms with Crippen LogP contribution in [0.15, 0.2) is 29.6 Å². The van der Waals surface area contributed by atoms with Crippen LogP contribution in [0, 0.1) is 11.8 Å². The zero-order chi connectivity index (χ0) is 21.4. The number of nitrogens with zero attached hydrogens (tertiary/aromatic N) is 1. The lowest BCUT2D eigenvalue weighted by Crippen LogP contribution is -2.25. The Morgan fingerprint density at radius 2 is 1.83 bits per heavy atom. The van der Waals surface area contributed by atoms with Crippen molar-refractivity contribution in [3.63, 3.8) is 0 Å². The summed E-state index contributed by atoms with van der Waals surface area (Å²) in [7, 11) is 0. The highest BCUT2D eigenvalue weighted by molar-refractivity contribution is 7.13. The summed E-state index contributed by atoms with van der Waals surface area (Å²) in [5.41, 5.74) is 2.22. The molecule has 0 atom stereocenters. The Morgan fingerprint density at radius 3 is 2.52 bits per heavy atom. The normalized spacial score (nSPS) is 10.8. The SMILES string of the molecule is CC(C)CC(=O)Nc1cccc(CNC(=O)Cc2csc(NC(=O)C(C)C)n2)c1. The minimum atomic E-state index is -0.161. The number of amides is 3. The van der Waals surface area contributed by atoms with Crippen molar-refractivity contribution in [2.24, 2.45) is 11.8 Å². The zero-order valence-corrected chi connectivity index (χ0v) is 18.1. The van der Waals surface area contributed by atoms with Crippen molar-refractivity contribution >= 4 is 39.9 Å². The average Bonchev–Trinajstić information content (AvgIpc) is 3.06. The number of rotatable bonds is 9. The highest BCUT2D eigenvalue weighted by Crippen LogP contribution is 2.17. The van der Waals surface area contributed by atoms with Gasteiger partial charge in [-0.15, -0.1) is 11.3 Å². The maximum absolute atomic E-state index is 12.2. The van der Waals surface area contributed by atoms with E-state index < -0.39 is 0 Å². The summed E-state index contributed by atoms with van der Waals surface area (Å²) in [6, 6.07) is 7.41. The summed E-state index contributed by atoms with van der Waals surface area (Å²) in [5.74, 6) is -0.119. The van der Waals surface area contributed by atoms with Gasteiger partial charge in [-0.05, 0) is 23.6 Å². The van der Waals surface area contributed by atoms with Crippen LogP contribution in [0.3, 0.4) is 0 Å². The third kappa shape index (κ3) is 8.03. The predicted octanol–water partition coefficient (Wildman–Crippen LogP) is 3.58. The lowest BCUT2D eigenvalue weighted by Gasteiger charge is -2.09. The topological polar surface area (TPSA) is 100 Å². The van der Waals surface area contributed by atoms with Crippen LogP contribution in [0.2, 0.25) is 0 Å². The summed E-state index contributed by atoms with van der Waals surface area (Å²) in [5, 5.41) is 10.7. The lowest BCUT2D eigenvalue weighted by atomic mass is 10.1. The monoisotopic (exact) mass is 416 g/mol. The fourth-order valence-corrected chi connectivity index (χ4v) is 3.18. The fraction of sp³-hybridized carbons (Fsp3) is 0.429. The molecule has 0 aliphatic heterocycles. The number of thiazole rings is 1. The Morgan fingerprint density at radius 1 is 1.07 bits per heavy atom. The first-order chi connectivity index (χ1) is 13.7. The number of hydrogen-bond donors (Lipinski definition) is 3. The molecule has 0 bridgehead atoms. The molecule has 8 heteroatoms. The van der Waals surface area contributed by atoms with E-state index in [9.17, 15) is 14.4 Å². The van der Waals surface area contributed by atoms with Gasteiger partial charge in [0.2, 0.25) is 17.7 Å². The van der Waals surface area contributed by atoms with Gasteiger partial charge in [0, 0.05) is 30.0 Å². The molecule has 0 radical (unpaired) electrons. The molecule has 7 nitrogen and oxygen atoms in total. The van der Waals surface area contributed by atoms with Crippen LogP contribution in [-0.4, -0.2) is 22.7 Å². The number of benzene rings is 1. The highest BCUT2D eigenvalue weighted by atomic mass is 32.1. The molecule has 3 N–H and O–H groups in total. The van der Waals surface area contributed by atoms with Crippen LogP contribution in [0.4, 0.5) is 10.8 Å². The Labute approximate surface area is 175 Å². The minimum Gasteiger partial charge on any atom is -0.352 e. The van der Waals surface area contributed by atoms with Gasteiger partial charge in [-0.1, -0.05) is 39.8 Å². The van der Waals surface area contributed by atoms with Gasteiger partial charge in [-0.2, -0.15) is 0 Å². The number of hydrogen-bond acceptors (Lipinski definition) is 5. The van der Waals surface area contributed by atoms with Crippen LogP contribution in [0.5, 0.6) is 0 Å². The Balaban J connectivity index is 1.83. The van der Waals surface area contributed by atoms with Crippen molar-refractivity contribution in [1.82, 2.24) is 10.3 Å². The molecule has 156 valence electrons. The summed E-state index contributed by atoms with van der Waals surface area (Å²) in [4.78, 5) is 40.1. The first-order valence-corrected chi connectivity index (χ1v) is 10.5. The molecule has 0 saturated carbocycles. The molecule has 1 aromatic carbocycles. The average molecular weight is 417 g/mol. The fourth-order valence-electron chi connectivity index (χ4n) is 2.46. The van der Waals surface area contributed by atoms with Crippen LogP contribution in [0.25, 0.3) is 0 Å². The standard InChI is InChI=1S/C21H28N4O3S/c1-13(2)8-19(27)23-16-7-5-6-15(9-16)11-22-18(26)10-17-12-29-21(24-17)25-20(28)14(3)4/h5-7,9,12-14H,8,10-11H2,1-4H3,(H,22,26)(H,23,27)(H,24,25,28). The van der Waals surface area contributed by atoms with E-state index in [0.29, 0.717) is 35.4 Å². The number of anilines is 2. The van der Waals surface area contributed by atoms with Crippen LogP contribution in [-0.2, 0) is 27.3 Å². The van der Waals surface area contributed by atoms with E-state index in [4.69, 9.17) is 0 Å². The van der Waals surface area contributed by atoms with E-state index in [2.05, 4.69) is 20.9 Å². The third-order valence-corrected chi connectivity index (χ3v) is 4.75. The molecule has 3 amide bonds. The second kappa shape index (κ2) is 10.7. The van der Waals surface area contributed by atoms with E-state index >= 15 is 0 Å². The Hall–Kier alpha value is -2.74. The molecular formula is C21H28N4O3S. The number of aromatic nitrogens is 1. The molecule has 0 saturated heterocycles. The summed E-state index contributed by atoms with van der Waals surface area (Å²) in [6.45, 7) is 7.96. The van der Waals surface area contributed by atoms with Gasteiger partial charge in [0.15, 0.2) is 5.13 Å². The molecule has 1 aromatic heterocycles. The quantitative estimate of drug-likeness (QED) is 0.582. The first-order valence-electron chi connectivity index (χ1n) is 9.63. The second-order valence-corrected chi connectivity index (χ2v) is 8.45. The third-order valence-electron chi connectivity index (χ3n) is 3.94. The smallest absolute Gasteiger partial charge is 0.228 e. The van der Waals surface area contributed by atoms with E-state index in [1.54, 1.807) is 5.38 Å². The van der Waals surface area contributed by atoms with Gasteiger partial charge in [-0.3, -0.25) is 14.4 Å². The van der Waals surface area contributed by atoms with E-state index in [1.165, 1.54) is 11.3 Å². The number of carbonyl (C=O) groups is 3. The van der Waals surface area contributed by atoms with Gasteiger partial charge in [-0.25, -0.2) is 4.98 Å². The predicted molar refractivity (Wildman–Crippen MR) is 116 cm³/mol. The van der Waals surface area contributed by atoms with Gasteiger partial charge in [0.05, 0.1) is 12.1 Å². The zero-order valence-electron chi connectivity index (χ0n) is 17.2. The molecule has 2 aromatic rings. The van der Waals surface area contributed by atoms with Crippen molar-refractivity contribution in [3.05, 3.63) is 40.9 Å². The van der Waals surface area contributed by atoms with Crippen LogP contribution < -0.4 is 16.0 Å². The highest BCUT2D eigenvalue weighted by Gasteiger charge is 2.12. The van der Waals surface area contributed by atoms with Crippen LogP contribution in [0.1, 0.15) is 45.4 Å². The molecule has 2 rings (SSSR count). The van der Waals surface area contributed by atoms with Crippen molar-refractivity contribution in [3.8, 4) is 0 Å². The Kier molecular flexibility index (Phi) is 8.33. The number of nitrogens with one attached hydrogen (secondary N) is 3. The summed E-state index contributed by atoms with van der Waals surface area (Å²) < 4.78 is 0. The molecule has 0 fully saturated rings. The summed E-state index contributed by atoms with van der Waals surface area (Å²) >= 11 is 1.30. The molecule has 0 aliphatic carbocycles. The molecule has 0 aliphatic rings. The second-order valence-electron chi connectivity index (χ2n) is 7.59.